The Hall–Kier alpha value is -0.730. The molecule has 4 fully saturated rings. The molecule has 176 valence electrons. The molecule has 0 bridgehead atoms. The molecule has 0 spiro atoms. The minimum Gasteiger partial charge on any atom is -0.338 e. The molecular weight excluding hydrogens is 378 g/mol. The maximum Gasteiger partial charge on any atom is 0.197 e. The molecule has 3 nitrogen and oxygen atoms in total. The van der Waals surface area contributed by atoms with Crippen molar-refractivity contribution < 1.29 is 0 Å². The van der Waals surface area contributed by atoms with Crippen molar-refractivity contribution in [1.29, 1.82) is 0 Å². The third kappa shape index (κ3) is 4.67. The van der Waals surface area contributed by atoms with Crippen molar-refractivity contribution in [2.75, 3.05) is 19.6 Å². The maximum absolute atomic E-state index is 5.27. The summed E-state index contributed by atoms with van der Waals surface area (Å²) in [7, 11) is 0. The van der Waals surface area contributed by atoms with E-state index in [0.717, 1.165) is 42.3 Å². The zero-order valence-corrected chi connectivity index (χ0v) is 20.8. The van der Waals surface area contributed by atoms with Crippen LogP contribution in [0.4, 0.5) is 0 Å². The molecule has 0 aromatic carbocycles. The first-order valence-corrected chi connectivity index (χ1v) is 14.1. The summed E-state index contributed by atoms with van der Waals surface area (Å²) in [5.41, 5.74) is 0.489. The molecule has 0 N–H and O–H groups in total. The maximum atomic E-state index is 5.27. The van der Waals surface area contributed by atoms with Crippen molar-refractivity contribution in [1.82, 2.24) is 9.80 Å². The Bertz CT molecular complexity index is 615. The van der Waals surface area contributed by atoms with Gasteiger partial charge in [0.2, 0.25) is 0 Å². The lowest BCUT2D eigenvalue weighted by Crippen LogP contribution is -2.44. The molecule has 31 heavy (non-hydrogen) atoms. The van der Waals surface area contributed by atoms with Crippen LogP contribution in [-0.4, -0.2) is 47.5 Å². The molecule has 0 amide bonds. The molecule has 5 rings (SSSR count). The van der Waals surface area contributed by atoms with Gasteiger partial charge in [0.25, 0.3) is 0 Å². The lowest BCUT2D eigenvalue weighted by atomic mass is 9.69. The van der Waals surface area contributed by atoms with Crippen LogP contribution in [0.1, 0.15) is 111 Å². The Morgan fingerprint density at radius 3 is 1.90 bits per heavy atom. The number of fused-ring (bicyclic) bond motifs is 1. The molecule has 5 aliphatic rings. The van der Waals surface area contributed by atoms with Crippen molar-refractivity contribution in [2.24, 2.45) is 34.1 Å². The predicted molar refractivity (Wildman–Crippen MR) is 131 cm³/mol. The fraction of sp³-hybridized carbons (Fsp3) is 0.964. The van der Waals surface area contributed by atoms with Crippen LogP contribution >= 0.6 is 0 Å². The van der Waals surface area contributed by atoms with Gasteiger partial charge in [0.15, 0.2) is 5.96 Å². The highest BCUT2D eigenvalue weighted by Crippen LogP contribution is 2.43. The van der Waals surface area contributed by atoms with Crippen LogP contribution in [0, 0.1) is 29.1 Å². The summed E-state index contributed by atoms with van der Waals surface area (Å²) in [5, 5.41) is 0. The minimum atomic E-state index is 0.489. The lowest BCUT2D eigenvalue weighted by Gasteiger charge is -2.40. The van der Waals surface area contributed by atoms with E-state index in [0.29, 0.717) is 5.41 Å². The number of hydrogen-bond acceptors (Lipinski definition) is 3. The fourth-order valence-electron chi connectivity index (χ4n) is 7.99. The zero-order chi connectivity index (χ0) is 21.4. The molecule has 3 heteroatoms. The summed E-state index contributed by atoms with van der Waals surface area (Å²) in [6.45, 7) is 11.0. The van der Waals surface area contributed by atoms with E-state index >= 15 is 0 Å². The van der Waals surface area contributed by atoms with Crippen LogP contribution in [0.25, 0.3) is 0 Å². The lowest BCUT2D eigenvalue weighted by molar-refractivity contribution is 0.121. The number of rotatable bonds is 4. The summed E-state index contributed by atoms with van der Waals surface area (Å²) in [5.74, 6) is 5.07. The first-order chi connectivity index (χ1) is 15.0. The van der Waals surface area contributed by atoms with Crippen LogP contribution < -0.4 is 0 Å². The highest BCUT2D eigenvalue weighted by molar-refractivity contribution is 5.84. The largest absolute Gasteiger partial charge is 0.338 e. The van der Waals surface area contributed by atoms with Gasteiger partial charge in [-0.15, -0.1) is 0 Å². The highest BCUT2D eigenvalue weighted by Gasteiger charge is 2.47. The van der Waals surface area contributed by atoms with Gasteiger partial charge in [0, 0.05) is 13.1 Å². The smallest absolute Gasteiger partial charge is 0.197 e. The van der Waals surface area contributed by atoms with Gasteiger partial charge in [-0.25, -0.2) is 0 Å². The highest BCUT2D eigenvalue weighted by atomic mass is 15.5. The molecule has 0 radical (unpaired) electrons. The Kier molecular flexibility index (Phi) is 6.59. The second kappa shape index (κ2) is 9.26. The summed E-state index contributed by atoms with van der Waals surface area (Å²) in [6.07, 6.45) is 20.4. The number of guanidine groups is 1. The van der Waals surface area contributed by atoms with Crippen LogP contribution in [0.5, 0.6) is 0 Å². The van der Waals surface area contributed by atoms with Gasteiger partial charge in [0.05, 0.1) is 18.6 Å². The number of aliphatic imine (C=N–C) groups is 1. The van der Waals surface area contributed by atoms with Gasteiger partial charge in [-0.1, -0.05) is 59.3 Å². The normalized spacial score (nSPS) is 36.0. The molecule has 3 aliphatic carbocycles. The Balaban J connectivity index is 1.28. The second-order valence-corrected chi connectivity index (χ2v) is 13.0. The molecule has 2 aliphatic heterocycles. The van der Waals surface area contributed by atoms with Crippen molar-refractivity contribution in [3.05, 3.63) is 0 Å². The van der Waals surface area contributed by atoms with Crippen molar-refractivity contribution in [3.63, 3.8) is 0 Å². The number of hydrogen-bond donors (Lipinski definition) is 0. The topological polar surface area (TPSA) is 18.8 Å². The summed E-state index contributed by atoms with van der Waals surface area (Å²) >= 11 is 0. The molecule has 3 saturated carbocycles. The molecule has 0 unspecified atom stereocenters. The van der Waals surface area contributed by atoms with Gasteiger partial charge in [-0.2, -0.15) is 0 Å². The monoisotopic (exact) mass is 427 g/mol. The van der Waals surface area contributed by atoms with Crippen molar-refractivity contribution in [3.8, 4) is 0 Å². The predicted octanol–water partition coefficient (Wildman–Crippen LogP) is 6.72. The molecule has 0 aromatic rings. The van der Waals surface area contributed by atoms with E-state index in [9.17, 15) is 0 Å². The Morgan fingerprint density at radius 2 is 1.32 bits per heavy atom. The van der Waals surface area contributed by atoms with Gasteiger partial charge >= 0.3 is 0 Å². The SMILES string of the molecule is CC(C)(C)C1CCC(CN2C3=NC[C@H](C4CCCCC4)N3C[C@H]2C2CCCCC2)CC1. The van der Waals surface area contributed by atoms with Gasteiger partial charge < -0.3 is 9.80 Å². The number of nitrogens with zero attached hydrogens (tertiary/aromatic N) is 3. The van der Waals surface area contributed by atoms with Gasteiger partial charge in [-0.3, -0.25) is 4.99 Å². The average molecular weight is 428 g/mol. The van der Waals surface area contributed by atoms with Crippen LogP contribution in [0.15, 0.2) is 4.99 Å². The standard InChI is InChI=1S/C28H49N3/c1-28(2,3)24-16-14-21(15-17-24)19-30-26(23-12-8-5-9-13-23)20-31-25(18-29-27(30)31)22-10-6-4-7-11-22/h21-26H,4-20H2,1-3H3/t21?,24?,25-,26+/m1/s1. The molecule has 2 heterocycles. The van der Waals surface area contributed by atoms with Gasteiger partial charge in [-0.05, 0) is 80.5 Å². The minimum absolute atomic E-state index is 0.489. The summed E-state index contributed by atoms with van der Waals surface area (Å²) in [6, 6.07) is 1.48. The van der Waals surface area contributed by atoms with Crippen LogP contribution in [0.3, 0.4) is 0 Å². The van der Waals surface area contributed by atoms with E-state index in [1.54, 1.807) is 0 Å². The fourth-order valence-corrected chi connectivity index (χ4v) is 7.99. The molecule has 2 atom stereocenters. The van der Waals surface area contributed by atoms with E-state index in [1.165, 1.54) is 109 Å². The van der Waals surface area contributed by atoms with E-state index in [-0.39, 0.29) is 0 Å². The molecular formula is C28H49N3. The zero-order valence-electron chi connectivity index (χ0n) is 20.8. The third-order valence-corrected chi connectivity index (χ3v) is 10.0. The van der Waals surface area contributed by atoms with E-state index in [2.05, 4.69) is 30.6 Å². The Labute approximate surface area is 192 Å². The summed E-state index contributed by atoms with van der Waals surface area (Å²) in [4.78, 5) is 11.0. The van der Waals surface area contributed by atoms with E-state index in [1.807, 2.05) is 0 Å². The first kappa shape index (κ1) is 22.1. The van der Waals surface area contributed by atoms with E-state index < -0.39 is 0 Å². The quantitative estimate of drug-likeness (QED) is 0.495. The second-order valence-electron chi connectivity index (χ2n) is 13.0. The molecule has 1 saturated heterocycles. The van der Waals surface area contributed by atoms with Crippen LogP contribution in [-0.2, 0) is 0 Å². The summed E-state index contributed by atoms with van der Waals surface area (Å²) < 4.78 is 0. The molecule has 0 aromatic heterocycles. The Morgan fingerprint density at radius 1 is 0.742 bits per heavy atom. The third-order valence-electron chi connectivity index (χ3n) is 10.0. The van der Waals surface area contributed by atoms with Crippen LogP contribution in [0.2, 0.25) is 0 Å². The van der Waals surface area contributed by atoms with Crippen molar-refractivity contribution in [2.45, 2.75) is 123 Å². The van der Waals surface area contributed by atoms with Gasteiger partial charge in [0.1, 0.15) is 0 Å². The first-order valence-electron chi connectivity index (χ1n) is 14.1. The van der Waals surface area contributed by atoms with Crippen molar-refractivity contribution >= 4 is 5.96 Å². The average Bonchev–Trinajstić information content (AvgIpc) is 3.35. The van der Waals surface area contributed by atoms with E-state index in [4.69, 9.17) is 4.99 Å².